The molecule has 9 heavy (non-hydrogen) atoms. The first-order valence-electron chi connectivity index (χ1n) is 3.56. The van der Waals surface area contributed by atoms with Crippen molar-refractivity contribution in [2.24, 2.45) is 0 Å². The largest absolute Gasteiger partial charge is 0.326 e. The second-order valence-electron chi connectivity index (χ2n) is 3.58. The molecule has 0 amide bonds. The van der Waals surface area contributed by atoms with Gasteiger partial charge in [0, 0.05) is 0 Å². The minimum absolute atomic E-state index is 0.547. The zero-order valence-electron chi connectivity index (χ0n) is 6.23. The van der Waals surface area contributed by atoms with E-state index in [1.165, 1.54) is 0 Å². The molecule has 1 aliphatic heterocycles. The summed E-state index contributed by atoms with van der Waals surface area (Å²) >= 11 is 0. The quantitative estimate of drug-likeness (QED) is 0.434. The predicted molar refractivity (Wildman–Crippen MR) is 36.0 cm³/mol. The van der Waals surface area contributed by atoms with Crippen molar-refractivity contribution in [2.45, 2.75) is 19.0 Å². The van der Waals surface area contributed by atoms with Crippen LogP contribution in [0.25, 0.3) is 0 Å². The van der Waals surface area contributed by atoms with Crippen molar-refractivity contribution in [3.8, 4) is 0 Å². The molecule has 0 aromatic carbocycles. The van der Waals surface area contributed by atoms with Gasteiger partial charge in [0.05, 0.1) is 20.6 Å². The van der Waals surface area contributed by atoms with Crippen molar-refractivity contribution in [2.75, 3.05) is 27.2 Å². The Hall–Kier alpha value is -0.110. The molecule has 1 fully saturated rings. The minimum Gasteiger partial charge on any atom is -0.326 e. The van der Waals surface area contributed by atoms with Gasteiger partial charge in [-0.1, -0.05) is 0 Å². The lowest BCUT2D eigenvalue weighted by Crippen LogP contribution is -2.48. The maximum atomic E-state index is 12.7. The summed E-state index contributed by atoms with van der Waals surface area (Å²) in [5, 5.41) is 0. The van der Waals surface area contributed by atoms with Crippen LogP contribution in [0.5, 0.6) is 0 Å². The summed E-state index contributed by atoms with van der Waals surface area (Å²) in [5.74, 6) is 0. The van der Waals surface area contributed by atoms with Gasteiger partial charge in [0.1, 0.15) is 12.7 Å². The van der Waals surface area contributed by atoms with Crippen LogP contribution in [-0.4, -0.2) is 37.8 Å². The molecule has 0 spiro atoms. The molecule has 1 aliphatic rings. The Bertz CT molecular complexity index is 101. The summed E-state index contributed by atoms with van der Waals surface area (Å²) in [6, 6.07) is 0. The number of quaternary nitrogens is 1. The molecule has 0 N–H and O–H groups in total. The summed E-state index contributed by atoms with van der Waals surface area (Å²) in [6.45, 7) is 1.85. The van der Waals surface area contributed by atoms with Crippen LogP contribution in [0.15, 0.2) is 0 Å². The van der Waals surface area contributed by atoms with Crippen molar-refractivity contribution in [1.82, 2.24) is 0 Å². The Labute approximate surface area is 56.1 Å². The first-order valence-corrected chi connectivity index (χ1v) is 3.56. The smallest absolute Gasteiger partial charge is 0.149 e. The maximum absolute atomic E-state index is 12.7. The fraction of sp³-hybridized carbons (Fsp3) is 1.00. The van der Waals surface area contributed by atoms with Crippen molar-refractivity contribution < 1.29 is 8.87 Å². The Morgan fingerprint density at radius 1 is 1.44 bits per heavy atom. The molecule has 1 heterocycles. The van der Waals surface area contributed by atoms with Crippen LogP contribution in [-0.2, 0) is 0 Å². The van der Waals surface area contributed by atoms with Crippen molar-refractivity contribution >= 4 is 0 Å². The van der Waals surface area contributed by atoms with E-state index in [4.69, 9.17) is 0 Å². The molecule has 1 saturated heterocycles. The lowest BCUT2D eigenvalue weighted by atomic mass is 10.1. The first kappa shape index (κ1) is 7.00. The number of alkyl halides is 1. The van der Waals surface area contributed by atoms with E-state index in [1.54, 1.807) is 0 Å². The standard InChI is InChI=1S/C7H15FN/c1-9(2)5-3-4-7(8)6-9/h7H,3-6H2,1-2H3/q+1/t7-/m1/s1. The summed E-state index contributed by atoms with van der Waals surface area (Å²) in [5.41, 5.74) is 0. The lowest BCUT2D eigenvalue weighted by Gasteiger charge is -2.34. The van der Waals surface area contributed by atoms with Gasteiger partial charge in [-0.25, -0.2) is 4.39 Å². The van der Waals surface area contributed by atoms with E-state index in [9.17, 15) is 4.39 Å². The molecule has 0 aromatic heterocycles. The molecule has 0 saturated carbocycles. The molecular formula is C7H15FN+. The average molecular weight is 132 g/mol. The highest BCUT2D eigenvalue weighted by Gasteiger charge is 2.26. The SMILES string of the molecule is C[N+]1(C)CCC[C@@H](F)C1. The van der Waals surface area contributed by atoms with Crippen LogP contribution in [0.2, 0.25) is 0 Å². The second kappa shape index (κ2) is 2.25. The van der Waals surface area contributed by atoms with Gasteiger partial charge < -0.3 is 4.48 Å². The van der Waals surface area contributed by atoms with Gasteiger partial charge in [-0.15, -0.1) is 0 Å². The zero-order chi connectivity index (χ0) is 6.91. The highest BCUT2D eigenvalue weighted by atomic mass is 19.1. The molecule has 0 aromatic rings. The fourth-order valence-corrected chi connectivity index (χ4v) is 1.46. The Kier molecular flexibility index (Phi) is 1.75. The predicted octanol–water partition coefficient (Wildman–Crippen LogP) is 1.19. The number of hydrogen-bond acceptors (Lipinski definition) is 0. The Balaban J connectivity index is 2.41. The van der Waals surface area contributed by atoms with Crippen molar-refractivity contribution in [3.63, 3.8) is 0 Å². The third kappa shape index (κ3) is 1.94. The molecule has 1 nitrogen and oxygen atoms in total. The van der Waals surface area contributed by atoms with Gasteiger partial charge in [0.25, 0.3) is 0 Å². The number of nitrogens with zero attached hydrogens (tertiary/aromatic N) is 1. The van der Waals surface area contributed by atoms with E-state index in [1.807, 2.05) is 0 Å². The number of likely N-dealkylation sites (tertiary alicyclic amines) is 1. The summed E-state index contributed by atoms with van der Waals surface area (Å²) in [6.07, 6.45) is 1.28. The van der Waals surface area contributed by atoms with E-state index in [0.717, 1.165) is 23.9 Å². The molecule has 0 aliphatic carbocycles. The van der Waals surface area contributed by atoms with Gasteiger partial charge >= 0.3 is 0 Å². The number of halogens is 1. The van der Waals surface area contributed by atoms with Crippen molar-refractivity contribution in [3.05, 3.63) is 0 Å². The van der Waals surface area contributed by atoms with Gasteiger partial charge in [0.2, 0.25) is 0 Å². The van der Waals surface area contributed by atoms with Crippen LogP contribution in [0.1, 0.15) is 12.8 Å². The summed E-state index contributed by atoms with van der Waals surface area (Å²) in [7, 11) is 4.18. The van der Waals surface area contributed by atoms with Crippen molar-refractivity contribution in [1.29, 1.82) is 0 Å². The molecule has 0 radical (unpaired) electrons. The van der Waals surface area contributed by atoms with E-state index in [-0.39, 0.29) is 0 Å². The van der Waals surface area contributed by atoms with Gasteiger partial charge in [0.15, 0.2) is 0 Å². The molecule has 0 unspecified atom stereocenters. The molecule has 2 heteroatoms. The Morgan fingerprint density at radius 3 is 2.44 bits per heavy atom. The van der Waals surface area contributed by atoms with Crippen LogP contribution >= 0.6 is 0 Å². The highest BCUT2D eigenvalue weighted by molar-refractivity contribution is 4.59. The molecule has 54 valence electrons. The summed E-state index contributed by atoms with van der Waals surface area (Å²) < 4.78 is 13.5. The van der Waals surface area contributed by atoms with E-state index < -0.39 is 6.17 Å². The van der Waals surface area contributed by atoms with Gasteiger partial charge in [-0.05, 0) is 12.8 Å². The van der Waals surface area contributed by atoms with Gasteiger partial charge in [-0.3, -0.25) is 0 Å². The fourth-order valence-electron chi connectivity index (χ4n) is 1.46. The first-order chi connectivity index (χ1) is 4.10. The van der Waals surface area contributed by atoms with Crippen LogP contribution in [0.3, 0.4) is 0 Å². The number of piperidine rings is 1. The molecule has 1 rings (SSSR count). The molecular weight excluding hydrogens is 117 g/mol. The third-order valence-electron chi connectivity index (χ3n) is 1.97. The number of hydrogen-bond donors (Lipinski definition) is 0. The number of rotatable bonds is 0. The lowest BCUT2D eigenvalue weighted by molar-refractivity contribution is -0.897. The average Bonchev–Trinajstić information content (AvgIpc) is 1.60. The van der Waals surface area contributed by atoms with Crippen LogP contribution in [0, 0.1) is 0 Å². The zero-order valence-corrected chi connectivity index (χ0v) is 6.23. The van der Waals surface area contributed by atoms with Crippen LogP contribution in [0.4, 0.5) is 4.39 Å². The Morgan fingerprint density at radius 2 is 2.11 bits per heavy atom. The minimum atomic E-state index is -0.547. The van der Waals surface area contributed by atoms with E-state index >= 15 is 0 Å². The normalized spacial score (nSPS) is 34.3. The maximum Gasteiger partial charge on any atom is 0.149 e. The molecule has 1 atom stereocenters. The monoisotopic (exact) mass is 132 g/mol. The molecule has 0 bridgehead atoms. The van der Waals surface area contributed by atoms with Crippen LogP contribution < -0.4 is 0 Å². The highest BCUT2D eigenvalue weighted by Crippen LogP contribution is 2.15. The summed E-state index contributed by atoms with van der Waals surface area (Å²) in [4.78, 5) is 0. The van der Waals surface area contributed by atoms with E-state index in [0.29, 0.717) is 6.54 Å². The second-order valence-corrected chi connectivity index (χ2v) is 3.58. The van der Waals surface area contributed by atoms with Gasteiger partial charge in [-0.2, -0.15) is 0 Å². The third-order valence-corrected chi connectivity index (χ3v) is 1.97. The topological polar surface area (TPSA) is 0 Å². The van der Waals surface area contributed by atoms with E-state index in [2.05, 4.69) is 14.1 Å².